The highest BCUT2D eigenvalue weighted by Crippen LogP contribution is 2.19. The maximum absolute atomic E-state index is 13.9. The number of nitrogens with zero attached hydrogens (tertiary/aromatic N) is 1. The van der Waals surface area contributed by atoms with Gasteiger partial charge in [-0.1, -0.05) is 28.1 Å². The molecule has 0 unspecified atom stereocenters. The first-order chi connectivity index (χ1) is 12.2. The Morgan fingerprint density at radius 1 is 1.19 bits per heavy atom. The lowest BCUT2D eigenvalue weighted by atomic mass is 10.1. The number of hydrogen-bond donors (Lipinski definition) is 1. The predicted octanol–water partition coefficient (Wildman–Crippen LogP) is 3.20. The fraction of sp³-hybridized carbons (Fsp3) is 0.278. The number of benzene rings is 2. The Labute approximate surface area is 161 Å². The quantitative estimate of drug-likeness (QED) is 0.669. The van der Waals surface area contributed by atoms with Crippen LogP contribution >= 0.6 is 15.9 Å². The van der Waals surface area contributed by atoms with Crippen LogP contribution in [0.1, 0.15) is 22.3 Å². The number of carbonyl (C=O) groups excluding carboxylic acids is 1. The molecule has 0 heterocycles. The Kier molecular flexibility index (Phi) is 6.91. The minimum absolute atomic E-state index is 0.106. The lowest BCUT2D eigenvalue weighted by Gasteiger charge is -2.13. The first kappa shape index (κ1) is 20.5. The van der Waals surface area contributed by atoms with Gasteiger partial charge in [-0.3, -0.25) is 4.79 Å². The number of sulfonamides is 1. The molecule has 0 spiro atoms. The van der Waals surface area contributed by atoms with Crippen molar-refractivity contribution in [1.29, 1.82) is 0 Å². The number of nitrogens with one attached hydrogen (secondary N) is 1. The molecule has 0 saturated carbocycles. The van der Waals surface area contributed by atoms with Gasteiger partial charge in [-0.25, -0.2) is 17.1 Å². The van der Waals surface area contributed by atoms with Crippen molar-refractivity contribution in [2.45, 2.75) is 17.7 Å². The Hall–Kier alpha value is -1.77. The van der Waals surface area contributed by atoms with Crippen molar-refractivity contribution in [2.24, 2.45) is 0 Å². The highest BCUT2D eigenvalue weighted by molar-refractivity contribution is 9.10. The highest BCUT2D eigenvalue weighted by atomic mass is 79.9. The van der Waals surface area contributed by atoms with Crippen molar-refractivity contribution in [3.05, 3.63) is 63.9 Å². The van der Waals surface area contributed by atoms with Crippen LogP contribution in [0.4, 0.5) is 4.39 Å². The number of amides is 1. The Bertz CT molecular complexity index is 901. The largest absolute Gasteiger partial charge is 0.352 e. The van der Waals surface area contributed by atoms with E-state index in [1.165, 1.54) is 20.2 Å². The van der Waals surface area contributed by atoms with Gasteiger partial charge in [0.15, 0.2) is 0 Å². The second-order valence-corrected chi connectivity index (χ2v) is 8.96. The van der Waals surface area contributed by atoms with Gasteiger partial charge in [0, 0.05) is 30.7 Å². The summed E-state index contributed by atoms with van der Waals surface area (Å²) in [4.78, 5) is 11.7. The molecule has 5 nitrogen and oxygen atoms in total. The number of carbonyl (C=O) groups is 1. The lowest BCUT2D eigenvalue weighted by molar-refractivity contribution is 0.0953. The number of hydrogen-bond acceptors (Lipinski definition) is 3. The van der Waals surface area contributed by atoms with Crippen LogP contribution in [0.25, 0.3) is 0 Å². The predicted molar refractivity (Wildman–Crippen MR) is 102 cm³/mol. The van der Waals surface area contributed by atoms with Crippen LogP contribution in [0.2, 0.25) is 0 Å². The zero-order valence-corrected chi connectivity index (χ0v) is 16.9. The molecule has 0 saturated heterocycles. The van der Waals surface area contributed by atoms with E-state index in [1.807, 2.05) is 24.3 Å². The van der Waals surface area contributed by atoms with Gasteiger partial charge in [0.05, 0.1) is 0 Å². The number of aryl methyl sites for hydroxylation is 1. The van der Waals surface area contributed by atoms with Gasteiger partial charge in [0.25, 0.3) is 5.91 Å². The van der Waals surface area contributed by atoms with Crippen LogP contribution in [0, 0.1) is 5.82 Å². The third-order valence-corrected chi connectivity index (χ3v) is 6.09. The third-order valence-electron chi connectivity index (χ3n) is 3.77. The summed E-state index contributed by atoms with van der Waals surface area (Å²) in [6.07, 6.45) is 1.52. The van der Waals surface area contributed by atoms with Crippen molar-refractivity contribution in [3.8, 4) is 0 Å². The van der Waals surface area contributed by atoms with Crippen molar-refractivity contribution < 1.29 is 17.6 Å². The van der Waals surface area contributed by atoms with Crippen LogP contribution in [-0.4, -0.2) is 39.3 Å². The summed E-state index contributed by atoms with van der Waals surface area (Å²) in [6.45, 7) is 0.429. The average molecular weight is 443 g/mol. The summed E-state index contributed by atoms with van der Waals surface area (Å²) >= 11 is 3.41. The first-order valence-corrected chi connectivity index (χ1v) is 10.2. The standard InChI is InChI=1S/C18H20BrFN2O3S/c1-22(2)26(24,25)17-12-14(8-9-16(17)20)18(23)21-10-4-6-13-5-3-7-15(19)11-13/h3,5,7-9,11-12H,4,6,10H2,1-2H3,(H,21,23). The molecule has 0 bridgehead atoms. The van der Waals surface area contributed by atoms with Crippen LogP contribution in [0.3, 0.4) is 0 Å². The highest BCUT2D eigenvalue weighted by Gasteiger charge is 2.23. The summed E-state index contributed by atoms with van der Waals surface area (Å²) < 4.78 is 40.0. The lowest BCUT2D eigenvalue weighted by Crippen LogP contribution is -2.26. The zero-order valence-electron chi connectivity index (χ0n) is 14.5. The molecule has 0 radical (unpaired) electrons. The van der Waals surface area contributed by atoms with Crippen molar-refractivity contribution in [3.63, 3.8) is 0 Å². The van der Waals surface area contributed by atoms with E-state index in [0.717, 1.165) is 39.3 Å². The van der Waals surface area contributed by atoms with Gasteiger partial charge >= 0.3 is 0 Å². The second-order valence-electron chi connectivity index (χ2n) is 5.92. The van der Waals surface area contributed by atoms with Crippen molar-refractivity contribution in [1.82, 2.24) is 9.62 Å². The molecule has 140 valence electrons. The summed E-state index contributed by atoms with van der Waals surface area (Å²) in [5.74, 6) is -1.32. The molecule has 0 atom stereocenters. The van der Waals surface area contributed by atoms with E-state index >= 15 is 0 Å². The summed E-state index contributed by atoms with van der Waals surface area (Å²) in [5.41, 5.74) is 1.25. The van der Waals surface area contributed by atoms with Gasteiger partial charge in [-0.2, -0.15) is 0 Å². The molecule has 0 aliphatic rings. The molecule has 2 aromatic rings. The molecule has 26 heavy (non-hydrogen) atoms. The molecule has 0 aromatic heterocycles. The molecule has 2 rings (SSSR count). The summed E-state index contributed by atoms with van der Waals surface area (Å²) in [5, 5.41) is 2.73. The second kappa shape index (κ2) is 8.75. The molecular weight excluding hydrogens is 423 g/mol. The molecule has 8 heteroatoms. The zero-order chi connectivity index (χ0) is 19.3. The van der Waals surface area contributed by atoms with Crippen molar-refractivity contribution >= 4 is 31.9 Å². The topological polar surface area (TPSA) is 66.5 Å². The SMILES string of the molecule is CN(C)S(=O)(=O)c1cc(C(=O)NCCCc2cccc(Br)c2)ccc1F. The Balaban J connectivity index is 1.99. The average Bonchev–Trinajstić information content (AvgIpc) is 2.58. The molecule has 1 N–H and O–H groups in total. The minimum Gasteiger partial charge on any atom is -0.352 e. The van der Waals surface area contributed by atoms with Crippen LogP contribution in [-0.2, 0) is 16.4 Å². The monoisotopic (exact) mass is 442 g/mol. The van der Waals surface area contributed by atoms with E-state index in [2.05, 4.69) is 21.2 Å². The first-order valence-electron chi connectivity index (χ1n) is 7.96. The maximum atomic E-state index is 13.9. The third kappa shape index (κ3) is 5.12. The van der Waals surface area contributed by atoms with Crippen molar-refractivity contribution in [2.75, 3.05) is 20.6 Å². The summed E-state index contributed by atoms with van der Waals surface area (Å²) in [6, 6.07) is 11.2. The van der Waals surface area contributed by atoms with E-state index in [0.29, 0.717) is 6.54 Å². The Morgan fingerprint density at radius 3 is 2.58 bits per heavy atom. The van der Waals surface area contributed by atoms with E-state index in [-0.39, 0.29) is 5.56 Å². The minimum atomic E-state index is -3.95. The van der Waals surface area contributed by atoms with Gasteiger partial charge in [-0.15, -0.1) is 0 Å². The molecule has 0 aliphatic heterocycles. The van der Waals surface area contributed by atoms with Crippen LogP contribution in [0.5, 0.6) is 0 Å². The normalized spacial score (nSPS) is 11.6. The van der Waals surface area contributed by atoms with E-state index < -0.39 is 26.6 Å². The smallest absolute Gasteiger partial charge is 0.251 e. The summed E-state index contributed by atoms with van der Waals surface area (Å²) in [7, 11) is -1.34. The fourth-order valence-corrected chi connectivity index (χ4v) is 3.76. The van der Waals surface area contributed by atoms with Gasteiger partial charge in [-0.05, 0) is 48.7 Å². The molecular formula is C18H20BrFN2O3S. The molecule has 0 aliphatic carbocycles. The van der Waals surface area contributed by atoms with Gasteiger partial charge < -0.3 is 5.32 Å². The number of halogens is 2. The molecule has 2 aromatic carbocycles. The van der Waals surface area contributed by atoms with Gasteiger partial charge in [0.2, 0.25) is 10.0 Å². The Morgan fingerprint density at radius 2 is 1.92 bits per heavy atom. The molecule has 0 fully saturated rings. The maximum Gasteiger partial charge on any atom is 0.251 e. The van der Waals surface area contributed by atoms with Crippen LogP contribution in [0.15, 0.2) is 51.8 Å². The van der Waals surface area contributed by atoms with E-state index in [1.54, 1.807) is 0 Å². The van der Waals surface area contributed by atoms with Gasteiger partial charge in [0.1, 0.15) is 10.7 Å². The van der Waals surface area contributed by atoms with Crippen LogP contribution < -0.4 is 5.32 Å². The molecule has 1 amide bonds. The fourth-order valence-electron chi connectivity index (χ4n) is 2.33. The van der Waals surface area contributed by atoms with E-state index in [4.69, 9.17) is 0 Å². The van der Waals surface area contributed by atoms with E-state index in [9.17, 15) is 17.6 Å². The number of rotatable bonds is 7.